The molecule has 306 valence electrons. The Morgan fingerprint density at radius 3 is 0.985 bits per heavy atom. The Morgan fingerprint density at radius 1 is 0.333 bits per heavy atom. The van der Waals surface area contributed by atoms with Gasteiger partial charge in [-0.25, -0.2) is 4.85 Å². The fourth-order valence-electron chi connectivity index (χ4n) is 9.85. The normalized spacial score (nSPS) is 11.3. The average Bonchev–Trinajstić information content (AvgIpc) is 3.90. The number of benzene rings is 10. The zero-order valence-corrected chi connectivity index (χ0v) is 35.7. The first-order chi connectivity index (χ1) is 32.6. The summed E-state index contributed by atoms with van der Waals surface area (Å²) in [7, 11) is 0. The van der Waals surface area contributed by atoms with Gasteiger partial charge in [-0.2, -0.15) is 5.26 Å². The fourth-order valence-corrected chi connectivity index (χ4v) is 9.85. The number of fused-ring (bicyclic) bond motifs is 6. The third-order valence-corrected chi connectivity index (χ3v) is 12.9. The van der Waals surface area contributed by atoms with E-state index in [9.17, 15) is 5.26 Å². The van der Waals surface area contributed by atoms with Gasteiger partial charge in [-0.15, -0.1) is 0 Å². The van der Waals surface area contributed by atoms with Gasteiger partial charge >= 0.3 is 0 Å². The number of nitrogens with zero attached hydrogens (tertiary/aromatic N) is 4. The van der Waals surface area contributed by atoms with E-state index in [0.717, 1.165) is 111 Å². The van der Waals surface area contributed by atoms with Crippen LogP contribution >= 0.6 is 0 Å². The van der Waals surface area contributed by atoms with E-state index in [1.807, 2.05) is 54.6 Å². The second-order valence-corrected chi connectivity index (χ2v) is 16.7. The molecule has 2 heterocycles. The highest BCUT2D eigenvalue weighted by atomic mass is 15.0. The summed E-state index contributed by atoms with van der Waals surface area (Å²) in [6.07, 6.45) is 0. The van der Waals surface area contributed by atoms with Gasteiger partial charge in [0.25, 0.3) is 0 Å². The number of aromatic nitrogens is 2. The lowest BCUT2D eigenvalue weighted by atomic mass is 9.97. The van der Waals surface area contributed by atoms with E-state index < -0.39 is 0 Å². The largest absolute Gasteiger partial charge is 0.308 e. The lowest BCUT2D eigenvalue weighted by molar-refractivity contribution is 1.13. The molecule has 0 fully saturated rings. The Hall–Kier alpha value is -9.22. The quantitative estimate of drug-likeness (QED) is 0.147. The van der Waals surface area contributed by atoms with Crippen LogP contribution in [0.4, 0.5) is 5.69 Å². The van der Waals surface area contributed by atoms with E-state index in [1.54, 1.807) is 0 Å². The molecule has 10 aromatic carbocycles. The van der Waals surface area contributed by atoms with Gasteiger partial charge < -0.3 is 9.13 Å². The van der Waals surface area contributed by atoms with Crippen LogP contribution in [0, 0.1) is 17.9 Å². The third kappa shape index (κ3) is 6.45. The van der Waals surface area contributed by atoms with Crippen molar-refractivity contribution in [3.05, 3.63) is 248 Å². The first-order valence-electron chi connectivity index (χ1n) is 22.1. The van der Waals surface area contributed by atoms with Crippen molar-refractivity contribution < 1.29 is 0 Å². The molecule has 0 amide bonds. The van der Waals surface area contributed by atoms with Crippen molar-refractivity contribution in [3.63, 3.8) is 0 Å². The molecule has 12 aromatic rings. The summed E-state index contributed by atoms with van der Waals surface area (Å²) in [5, 5.41) is 15.6. The number of hydrogen-bond acceptors (Lipinski definition) is 1. The van der Waals surface area contributed by atoms with Crippen molar-refractivity contribution in [2.75, 3.05) is 0 Å². The maximum Gasteiger partial charge on any atom is 0.187 e. The zero-order chi connectivity index (χ0) is 44.1. The maximum absolute atomic E-state index is 11.1. The van der Waals surface area contributed by atoms with Crippen molar-refractivity contribution in [2.45, 2.75) is 0 Å². The molecule has 2 aromatic heterocycles. The van der Waals surface area contributed by atoms with Crippen molar-refractivity contribution in [2.24, 2.45) is 0 Å². The van der Waals surface area contributed by atoms with Gasteiger partial charge in [0.05, 0.1) is 51.6 Å². The minimum absolute atomic E-state index is 0.520. The van der Waals surface area contributed by atoms with Crippen LogP contribution in [0.3, 0.4) is 0 Å². The highest BCUT2D eigenvalue weighted by Crippen LogP contribution is 2.45. The summed E-state index contributed by atoms with van der Waals surface area (Å²) >= 11 is 0. The Morgan fingerprint density at radius 2 is 0.667 bits per heavy atom. The molecular formula is C62H38N4. The summed E-state index contributed by atoms with van der Waals surface area (Å²) in [6.45, 7) is 8.18. The van der Waals surface area contributed by atoms with Crippen LogP contribution in [-0.4, -0.2) is 9.13 Å². The molecule has 0 aliphatic heterocycles. The van der Waals surface area contributed by atoms with Crippen molar-refractivity contribution in [1.29, 1.82) is 5.26 Å². The molecule has 4 nitrogen and oxygen atoms in total. The standard InChI is InChI=1S/C62H38N4/c1-64-51-24-14-23-50(35-51)62-60(65-56-36-46(42-15-6-2-7-16-42)25-29-52(56)53-30-26-47(37-57(53)65)43-17-8-3-9-18-43)33-41(40-63)34-61(62)66-58-38-48(44-19-10-4-11-20-44)27-31-54(58)55-32-28-49(39-59(55)66)45-21-12-5-13-22-45/h2-39H. The SMILES string of the molecule is [C-]#[N+]c1cccc(-c2c(-n3c4cc(-c5ccccc5)ccc4c4ccc(-c5ccccc5)cc43)cc(C#N)cc2-n2c3cc(-c4ccccc4)ccc3c3ccc(-c4ccccc4)cc32)c1. The molecule has 12 rings (SSSR count). The molecule has 0 saturated carbocycles. The maximum atomic E-state index is 11.1. The summed E-state index contributed by atoms with van der Waals surface area (Å²) in [5.74, 6) is 0. The van der Waals surface area contributed by atoms with Crippen molar-refractivity contribution in [3.8, 4) is 73.1 Å². The molecule has 0 aliphatic rings. The van der Waals surface area contributed by atoms with Crippen LogP contribution in [0.2, 0.25) is 0 Å². The summed E-state index contributed by atoms with van der Waals surface area (Å²) in [6, 6.07) is 83.4. The molecule has 0 unspecified atom stereocenters. The third-order valence-electron chi connectivity index (χ3n) is 12.9. The molecule has 0 radical (unpaired) electrons. The molecule has 0 bridgehead atoms. The predicted molar refractivity (Wildman–Crippen MR) is 273 cm³/mol. The van der Waals surface area contributed by atoms with Crippen molar-refractivity contribution in [1.82, 2.24) is 9.13 Å². The fraction of sp³-hybridized carbons (Fsp3) is 0. The highest BCUT2D eigenvalue weighted by Gasteiger charge is 2.25. The van der Waals surface area contributed by atoms with E-state index in [2.05, 4.69) is 196 Å². The molecule has 0 N–H and O–H groups in total. The van der Waals surface area contributed by atoms with E-state index in [1.165, 1.54) is 0 Å². The molecule has 66 heavy (non-hydrogen) atoms. The van der Waals surface area contributed by atoms with Gasteiger partial charge in [-0.05, 0) is 92.5 Å². The van der Waals surface area contributed by atoms with Gasteiger partial charge in [0.15, 0.2) is 5.69 Å². The van der Waals surface area contributed by atoms with Gasteiger partial charge in [-0.3, -0.25) is 0 Å². The molecule has 4 heteroatoms. The summed E-state index contributed by atoms with van der Waals surface area (Å²) in [4.78, 5) is 3.94. The molecule has 0 spiro atoms. The minimum Gasteiger partial charge on any atom is -0.308 e. The zero-order valence-electron chi connectivity index (χ0n) is 35.7. The van der Waals surface area contributed by atoms with Gasteiger partial charge in [0, 0.05) is 27.1 Å². The average molecular weight is 839 g/mol. The van der Waals surface area contributed by atoms with Crippen molar-refractivity contribution >= 4 is 49.3 Å². The van der Waals surface area contributed by atoms with Gasteiger partial charge in [0.2, 0.25) is 0 Å². The monoisotopic (exact) mass is 838 g/mol. The van der Waals surface area contributed by atoms with Crippen LogP contribution in [-0.2, 0) is 0 Å². The van der Waals surface area contributed by atoms with E-state index in [4.69, 9.17) is 6.57 Å². The second kappa shape index (κ2) is 15.8. The Bertz CT molecular complexity index is 3510. The minimum atomic E-state index is 0.520. The first kappa shape index (κ1) is 38.5. The Kier molecular flexibility index (Phi) is 9.23. The van der Waals surface area contributed by atoms with E-state index in [0.29, 0.717) is 11.3 Å². The predicted octanol–water partition coefficient (Wildman–Crippen LogP) is 16.6. The van der Waals surface area contributed by atoms with Crippen LogP contribution in [0.5, 0.6) is 0 Å². The second-order valence-electron chi connectivity index (χ2n) is 16.7. The van der Waals surface area contributed by atoms with E-state index >= 15 is 0 Å². The lowest BCUT2D eigenvalue weighted by Crippen LogP contribution is -2.05. The van der Waals surface area contributed by atoms with Gasteiger partial charge in [-0.1, -0.05) is 188 Å². The molecular weight excluding hydrogens is 801 g/mol. The molecule has 0 saturated heterocycles. The molecule has 0 aliphatic carbocycles. The Balaban J connectivity index is 1.26. The topological polar surface area (TPSA) is 38.0 Å². The molecule has 0 atom stereocenters. The number of rotatable bonds is 7. The summed E-state index contributed by atoms with van der Waals surface area (Å²) < 4.78 is 4.71. The van der Waals surface area contributed by atoms with E-state index in [-0.39, 0.29) is 0 Å². The lowest BCUT2D eigenvalue weighted by Gasteiger charge is -2.21. The van der Waals surface area contributed by atoms with Crippen LogP contribution in [0.25, 0.3) is 115 Å². The number of hydrogen-bond donors (Lipinski definition) is 0. The number of nitriles is 1. The van der Waals surface area contributed by atoms with Crippen LogP contribution < -0.4 is 0 Å². The smallest absolute Gasteiger partial charge is 0.187 e. The van der Waals surface area contributed by atoms with Gasteiger partial charge in [0.1, 0.15) is 0 Å². The Labute approximate surface area is 382 Å². The van der Waals surface area contributed by atoms with Crippen LogP contribution in [0.15, 0.2) is 231 Å². The van der Waals surface area contributed by atoms with Crippen LogP contribution in [0.1, 0.15) is 5.56 Å². The first-order valence-corrected chi connectivity index (χ1v) is 22.1. The highest BCUT2D eigenvalue weighted by molar-refractivity contribution is 6.14. The summed E-state index contributed by atoms with van der Waals surface area (Å²) in [5.41, 5.74) is 17.4.